The summed E-state index contributed by atoms with van der Waals surface area (Å²) < 4.78 is 5.39. The summed E-state index contributed by atoms with van der Waals surface area (Å²) in [5.74, 6) is 0.942. The lowest BCUT2D eigenvalue weighted by Crippen LogP contribution is -2.19. The molecule has 0 saturated heterocycles. The highest BCUT2D eigenvalue weighted by molar-refractivity contribution is 5.38. The Balaban J connectivity index is 2.89. The van der Waals surface area contributed by atoms with E-state index in [0.29, 0.717) is 0 Å². The Kier molecular flexibility index (Phi) is 5.45. The molecule has 1 rings (SSSR count). The van der Waals surface area contributed by atoms with Crippen molar-refractivity contribution in [1.29, 1.82) is 0 Å². The number of methoxy groups -OCH3 is 1. The van der Waals surface area contributed by atoms with Crippen LogP contribution in [-0.2, 0) is 6.54 Å². The Labute approximate surface area is 105 Å². The molecule has 0 aliphatic heterocycles. The monoisotopic (exact) mass is 236 g/mol. The fourth-order valence-electron chi connectivity index (χ4n) is 1.96. The highest BCUT2D eigenvalue weighted by atomic mass is 16.5. The molecule has 1 aromatic carbocycles. The summed E-state index contributed by atoms with van der Waals surface area (Å²) >= 11 is 0. The fourth-order valence-corrected chi connectivity index (χ4v) is 1.96. The number of hydrogen-bond acceptors (Lipinski definition) is 3. The van der Waals surface area contributed by atoms with E-state index in [4.69, 9.17) is 10.5 Å². The van der Waals surface area contributed by atoms with Gasteiger partial charge in [-0.3, -0.25) is 0 Å². The molecule has 0 fully saturated rings. The largest absolute Gasteiger partial charge is 0.496 e. The smallest absolute Gasteiger partial charge is 0.123 e. The van der Waals surface area contributed by atoms with Gasteiger partial charge < -0.3 is 15.4 Å². The fraction of sp³-hybridized carbons (Fsp3) is 0.571. The van der Waals surface area contributed by atoms with Crippen molar-refractivity contribution < 1.29 is 4.74 Å². The Bertz CT molecular complexity index is 350. The number of rotatable bonds is 6. The van der Waals surface area contributed by atoms with Gasteiger partial charge in [-0.1, -0.05) is 13.0 Å². The second-order valence-electron chi connectivity index (χ2n) is 4.60. The molecular weight excluding hydrogens is 212 g/mol. The summed E-state index contributed by atoms with van der Waals surface area (Å²) in [6.45, 7) is 6.18. The molecule has 17 heavy (non-hydrogen) atoms. The third kappa shape index (κ3) is 4.02. The van der Waals surface area contributed by atoms with E-state index in [9.17, 15) is 0 Å². The topological polar surface area (TPSA) is 38.5 Å². The third-order valence-corrected chi connectivity index (χ3v) is 2.88. The van der Waals surface area contributed by atoms with Gasteiger partial charge in [0.2, 0.25) is 0 Å². The standard InChI is InChI=1S/C14H24N2O/c1-5-8-16(3)10-13-9-12(11(2)15)6-7-14(13)17-4/h6-7,9,11H,5,8,10,15H2,1-4H3. The number of hydrogen-bond donors (Lipinski definition) is 1. The van der Waals surface area contributed by atoms with Crippen molar-refractivity contribution in [3.05, 3.63) is 29.3 Å². The van der Waals surface area contributed by atoms with E-state index in [1.165, 1.54) is 5.56 Å². The molecule has 1 unspecified atom stereocenters. The van der Waals surface area contributed by atoms with Crippen molar-refractivity contribution >= 4 is 0 Å². The van der Waals surface area contributed by atoms with Gasteiger partial charge in [0.25, 0.3) is 0 Å². The summed E-state index contributed by atoms with van der Waals surface area (Å²) in [4.78, 5) is 2.29. The minimum Gasteiger partial charge on any atom is -0.496 e. The molecule has 2 N–H and O–H groups in total. The van der Waals surface area contributed by atoms with Crippen LogP contribution in [0, 0.1) is 0 Å². The molecule has 0 amide bonds. The highest BCUT2D eigenvalue weighted by Gasteiger charge is 2.09. The number of nitrogens with zero attached hydrogens (tertiary/aromatic N) is 1. The zero-order chi connectivity index (χ0) is 12.8. The predicted octanol–water partition coefficient (Wildman–Crippen LogP) is 2.56. The van der Waals surface area contributed by atoms with Crippen molar-refractivity contribution in [1.82, 2.24) is 4.90 Å². The summed E-state index contributed by atoms with van der Waals surface area (Å²) in [7, 11) is 3.84. The summed E-state index contributed by atoms with van der Waals surface area (Å²) in [5.41, 5.74) is 8.27. The van der Waals surface area contributed by atoms with Crippen LogP contribution in [0.2, 0.25) is 0 Å². The first-order valence-electron chi connectivity index (χ1n) is 6.19. The maximum atomic E-state index is 5.91. The number of nitrogens with two attached hydrogens (primary N) is 1. The molecule has 0 radical (unpaired) electrons. The van der Waals surface area contributed by atoms with Crippen LogP contribution in [-0.4, -0.2) is 25.6 Å². The predicted molar refractivity (Wildman–Crippen MR) is 72.2 cm³/mol. The molecule has 1 aromatic rings. The first kappa shape index (κ1) is 14.0. The van der Waals surface area contributed by atoms with Crippen molar-refractivity contribution in [2.75, 3.05) is 20.7 Å². The van der Waals surface area contributed by atoms with Gasteiger partial charge >= 0.3 is 0 Å². The molecule has 0 aliphatic carbocycles. The minimum atomic E-state index is 0.0659. The Morgan fingerprint density at radius 3 is 2.65 bits per heavy atom. The van der Waals surface area contributed by atoms with Gasteiger partial charge in [-0.25, -0.2) is 0 Å². The number of ether oxygens (including phenoxy) is 1. The SMILES string of the molecule is CCCN(C)Cc1cc(C(C)N)ccc1OC. The van der Waals surface area contributed by atoms with Crippen molar-refractivity contribution in [2.45, 2.75) is 32.9 Å². The highest BCUT2D eigenvalue weighted by Crippen LogP contribution is 2.23. The van der Waals surface area contributed by atoms with Crippen LogP contribution >= 0.6 is 0 Å². The van der Waals surface area contributed by atoms with Gasteiger partial charge in [0.1, 0.15) is 5.75 Å². The van der Waals surface area contributed by atoms with E-state index in [0.717, 1.165) is 30.8 Å². The quantitative estimate of drug-likeness (QED) is 0.825. The van der Waals surface area contributed by atoms with Gasteiger partial charge in [-0.05, 0) is 44.6 Å². The second kappa shape index (κ2) is 6.62. The van der Waals surface area contributed by atoms with Gasteiger partial charge in [0, 0.05) is 18.2 Å². The molecule has 3 nitrogen and oxygen atoms in total. The first-order valence-corrected chi connectivity index (χ1v) is 6.19. The second-order valence-corrected chi connectivity index (χ2v) is 4.60. The lowest BCUT2D eigenvalue weighted by molar-refractivity contribution is 0.317. The molecule has 96 valence electrons. The zero-order valence-electron chi connectivity index (χ0n) is 11.4. The molecule has 0 spiro atoms. The van der Waals surface area contributed by atoms with Crippen molar-refractivity contribution in [3.63, 3.8) is 0 Å². The molecule has 0 heterocycles. The van der Waals surface area contributed by atoms with Crippen LogP contribution in [0.4, 0.5) is 0 Å². The summed E-state index contributed by atoms with van der Waals surface area (Å²) in [6.07, 6.45) is 1.16. The van der Waals surface area contributed by atoms with E-state index < -0.39 is 0 Å². The van der Waals surface area contributed by atoms with E-state index >= 15 is 0 Å². The van der Waals surface area contributed by atoms with Crippen molar-refractivity contribution in [2.24, 2.45) is 5.73 Å². The van der Waals surface area contributed by atoms with Crippen molar-refractivity contribution in [3.8, 4) is 5.75 Å². The maximum absolute atomic E-state index is 5.91. The van der Waals surface area contributed by atoms with Crippen LogP contribution in [0.5, 0.6) is 5.75 Å². The van der Waals surface area contributed by atoms with Gasteiger partial charge in [0.15, 0.2) is 0 Å². The van der Waals surface area contributed by atoms with Gasteiger partial charge in [-0.15, -0.1) is 0 Å². The summed E-state index contributed by atoms with van der Waals surface area (Å²) in [5, 5.41) is 0. The van der Waals surface area contributed by atoms with Crippen LogP contribution in [0.1, 0.15) is 37.4 Å². The molecule has 0 aromatic heterocycles. The van der Waals surface area contributed by atoms with Gasteiger partial charge in [-0.2, -0.15) is 0 Å². The van der Waals surface area contributed by atoms with Crippen LogP contribution in [0.3, 0.4) is 0 Å². The molecule has 1 atom stereocenters. The average molecular weight is 236 g/mol. The number of benzene rings is 1. The lowest BCUT2D eigenvalue weighted by atomic mass is 10.0. The van der Waals surface area contributed by atoms with E-state index in [1.807, 2.05) is 19.1 Å². The molecule has 0 saturated carbocycles. The van der Waals surface area contributed by atoms with E-state index in [2.05, 4.69) is 24.9 Å². The zero-order valence-corrected chi connectivity index (χ0v) is 11.4. The van der Waals surface area contributed by atoms with E-state index in [-0.39, 0.29) is 6.04 Å². The summed E-state index contributed by atoms with van der Waals surface area (Å²) in [6, 6.07) is 6.26. The maximum Gasteiger partial charge on any atom is 0.123 e. The minimum absolute atomic E-state index is 0.0659. The normalized spacial score (nSPS) is 12.8. The molecule has 0 bridgehead atoms. The Morgan fingerprint density at radius 2 is 2.12 bits per heavy atom. The molecule has 0 aliphatic rings. The lowest BCUT2D eigenvalue weighted by Gasteiger charge is -2.19. The Morgan fingerprint density at radius 1 is 1.41 bits per heavy atom. The molecular formula is C14H24N2O. The Hall–Kier alpha value is -1.06. The molecule has 3 heteroatoms. The first-order chi connectivity index (χ1) is 8.08. The average Bonchev–Trinajstić information content (AvgIpc) is 2.29. The van der Waals surface area contributed by atoms with Crippen LogP contribution < -0.4 is 10.5 Å². The van der Waals surface area contributed by atoms with Crippen LogP contribution in [0.15, 0.2) is 18.2 Å². The van der Waals surface area contributed by atoms with Crippen LogP contribution in [0.25, 0.3) is 0 Å². The van der Waals surface area contributed by atoms with E-state index in [1.54, 1.807) is 7.11 Å². The third-order valence-electron chi connectivity index (χ3n) is 2.88. The van der Waals surface area contributed by atoms with Gasteiger partial charge in [0.05, 0.1) is 7.11 Å².